The van der Waals surface area contributed by atoms with E-state index in [4.69, 9.17) is 0 Å². The van der Waals surface area contributed by atoms with E-state index in [9.17, 15) is 9.59 Å². The maximum Gasteiger partial charge on any atom is 0.258 e. The van der Waals surface area contributed by atoms with Crippen LogP contribution in [-0.2, 0) is 11.2 Å². The first-order valence-corrected chi connectivity index (χ1v) is 10.5. The molecule has 0 spiro atoms. The van der Waals surface area contributed by atoms with Crippen LogP contribution in [0.3, 0.4) is 0 Å². The molecule has 0 bridgehead atoms. The van der Waals surface area contributed by atoms with Crippen LogP contribution >= 0.6 is 11.8 Å². The fourth-order valence-corrected chi connectivity index (χ4v) is 4.29. The molecule has 1 heterocycles. The smallest absolute Gasteiger partial charge is 0.258 e. The molecule has 0 radical (unpaired) electrons. The molecule has 4 nitrogen and oxygen atoms in total. The van der Waals surface area contributed by atoms with Gasteiger partial charge in [-0.25, -0.2) is 0 Å². The average Bonchev–Trinajstić information content (AvgIpc) is 3.18. The number of nitrogens with one attached hydrogen (secondary N) is 1. The SMILES string of the molecule is CC(Sc1ccccc1)C(=O)Nc1ccc(C(=O)N2CCc3ccccc32)cc1. The van der Waals surface area contributed by atoms with Gasteiger partial charge in [-0.1, -0.05) is 36.4 Å². The third-order valence-corrected chi connectivity index (χ3v) is 6.07. The Morgan fingerprint density at radius 1 is 0.931 bits per heavy atom. The number of benzene rings is 3. The van der Waals surface area contributed by atoms with Gasteiger partial charge in [-0.3, -0.25) is 9.59 Å². The zero-order valence-corrected chi connectivity index (χ0v) is 17.0. The highest BCUT2D eigenvalue weighted by atomic mass is 32.2. The monoisotopic (exact) mass is 402 g/mol. The summed E-state index contributed by atoms with van der Waals surface area (Å²) in [6.07, 6.45) is 0.882. The molecule has 1 aliphatic rings. The van der Waals surface area contributed by atoms with Crippen LogP contribution in [0.15, 0.2) is 83.8 Å². The molecule has 146 valence electrons. The van der Waals surface area contributed by atoms with Gasteiger partial charge in [0.25, 0.3) is 5.91 Å². The highest BCUT2D eigenvalue weighted by molar-refractivity contribution is 8.00. The number of carbonyl (C=O) groups excluding carboxylic acids is 2. The van der Waals surface area contributed by atoms with Crippen LogP contribution in [-0.4, -0.2) is 23.6 Å². The third kappa shape index (κ3) is 4.35. The number of nitrogens with zero attached hydrogens (tertiary/aromatic N) is 1. The molecule has 2 amide bonds. The molecular formula is C24H22N2O2S. The molecule has 4 rings (SSSR count). The standard InChI is InChI=1S/C24H22N2O2S/c1-17(29-21-8-3-2-4-9-21)23(27)25-20-13-11-19(12-14-20)24(28)26-16-15-18-7-5-6-10-22(18)26/h2-14,17H,15-16H2,1H3,(H,25,27). The summed E-state index contributed by atoms with van der Waals surface area (Å²) >= 11 is 1.52. The largest absolute Gasteiger partial charge is 0.325 e. The van der Waals surface area contributed by atoms with Crippen molar-refractivity contribution >= 4 is 35.0 Å². The van der Waals surface area contributed by atoms with Crippen molar-refractivity contribution in [2.24, 2.45) is 0 Å². The van der Waals surface area contributed by atoms with Gasteiger partial charge in [0.05, 0.1) is 5.25 Å². The Balaban J connectivity index is 1.39. The Kier molecular flexibility index (Phi) is 5.67. The van der Waals surface area contributed by atoms with Crippen molar-refractivity contribution in [3.63, 3.8) is 0 Å². The summed E-state index contributed by atoms with van der Waals surface area (Å²) in [4.78, 5) is 28.2. The highest BCUT2D eigenvalue weighted by Crippen LogP contribution is 2.29. The molecule has 0 fully saturated rings. The quantitative estimate of drug-likeness (QED) is 0.611. The van der Waals surface area contributed by atoms with E-state index in [2.05, 4.69) is 11.4 Å². The molecule has 1 unspecified atom stereocenters. The molecule has 3 aromatic rings. The van der Waals surface area contributed by atoms with Gasteiger partial charge in [0.1, 0.15) is 0 Å². The van der Waals surface area contributed by atoms with Crippen LogP contribution in [0.1, 0.15) is 22.8 Å². The summed E-state index contributed by atoms with van der Waals surface area (Å²) in [7, 11) is 0. The first kappa shape index (κ1) is 19.3. The van der Waals surface area contributed by atoms with E-state index in [1.807, 2.05) is 60.4 Å². The number of amides is 2. The van der Waals surface area contributed by atoms with Crippen molar-refractivity contribution < 1.29 is 9.59 Å². The topological polar surface area (TPSA) is 49.4 Å². The van der Waals surface area contributed by atoms with Crippen LogP contribution in [0.5, 0.6) is 0 Å². The summed E-state index contributed by atoms with van der Waals surface area (Å²) in [6.45, 7) is 2.58. The number of hydrogen-bond donors (Lipinski definition) is 1. The first-order chi connectivity index (χ1) is 14.1. The number of anilines is 2. The van der Waals surface area contributed by atoms with Gasteiger partial charge in [0, 0.05) is 28.4 Å². The zero-order valence-electron chi connectivity index (χ0n) is 16.2. The molecule has 5 heteroatoms. The van der Waals surface area contributed by atoms with Gasteiger partial charge in [-0.2, -0.15) is 0 Å². The molecule has 3 aromatic carbocycles. The van der Waals surface area contributed by atoms with E-state index in [-0.39, 0.29) is 17.1 Å². The number of rotatable bonds is 5. The first-order valence-electron chi connectivity index (χ1n) is 9.64. The minimum atomic E-state index is -0.222. The van der Waals surface area contributed by atoms with E-state index in [0.29, 0.717) is 17.8 Å². The molecule has 1 atom stereocenters. The van der Waals surface area contributed by atoms with Crippen molar-refractivity contribution in [3.8, 4) is 0 Å². The van der Waals surface area contributed by atoms with Gasteiger partial charge in [0.15, 0.2) is 0 Å². The van der Waals surface area contributed by atoms with Crippen LogP contribution < -0.4 is 10.2 Å². The number of carbonyl (C=O) groups is 2. The van der Waals surface area contributed by atoms with Crippen LogP contribution in [0.25, 0.3) is 0 Å². The molecule has 0 saturated heterocycles. The zero-order chi connectivity index (χ0) is 20.2. The van der Waals surface area contributed by atoms with Gasteiger partial charge in [-0.15, -0.1) is 11.8 Å². The number of fused-ring (bicyclic) bond motifs is 1. The lowest BCUT2D eigenvalue weighted by Crippen LogP contribution is -2.28. The molecular weight excluding hydrogens is 380 g/mol. The lowest BCUT2D eigenvalue weighted by molar-refractivity contribution is -0.115. The molecule has 1 N–H and O–H groups in total. The van der Waals surface area contributed by atoms with Crippen molar-refractivity contribution in [1.29, 1.82) is 0 Å². The predicted octanol–water partition coefficient (Wildman–Crippen LogP) is 5.01. The van der Waals surface area contributed by atoms with Crippen molar-refractivity contribution in [1.82, 2.24) is 0 Å². The fourth-order valence-electron chi connectivity index (χ4n) is 3.40. The van der Waals surface area contributed by atoms with Crippen molar-refractivity contribution in [3.05, 3.63) is 90.0 Å². The summed E-state index contributed by atoms with van der Waals surface area (Å²) in [5.41, 5.74) is 3.50. The van der Waals surface area contributed by atoms with Crippen molar-refractivity contribution in [2.75, 3.05) is 16.8 Å². The Morgan fingerprint density at radius 2 is 1.62 bits per heavy atom. The molecule has 0 saturated carbocycles. The summed E-state index contributed by atoms with van der Waals surface area (Å²) in [5.74, 6) is -0.0766. The normalized spacial score (nSPS) is 13.6. The second kappa shape index (κ2) is 8.53. The minimum Gasteiger partial charge on any atom is -0.325 e. The van der Waals surface area contributed by atoms with Crippen molar-refractivity contribution in [2.45, 2.75) is 23.5 Å². The van der Waals surface area contributed by atoms with E-state index >= 15 is 0 Å². The maximum atomic E-state index is 12.9. The Bertz CT molecular complexity index is 1020. The van der Waals surface area contributed by atoms with Gasteiger partial charge in [-0.05, 0) is 61.4 Å². The van der Waals surface area contributed by atoms with Crippen LogP contribution in [0.4, 0.5) is 11.4 Å². The molecule has 29 heavy (non-hydrogen) atoms. The van der Waals surface area contributed by atoms with Crippen LogP contribution in [0, 0.1) is 0 Å². The molecule has 0 aliphatic carbocycles. The molecule has 0 aromatic heterocycles. The third-order valence-electron chi connectivity index (χ3n) is 4.96. The number of thioether (sulfide) groups is 1. The second-order valence-electron chi connectivity index (χ2n) is 6.98. The van der Waals surface area contributed by atoms with Gasteiger partial charge < -0.3 is 10.2 Å². The fraction of sp³-hybridized carbons (Fsp3) is 0.167. The average molecular weight is 403 g/mol. The molecule has 1 aliphatic heterocycles. The van der Waals surface area contributed by atoms with E-state index in [1.54, 1.807) is 24.3 Å². The predicted molar refractivity (Wildman–Crippen MR) is 119 cm³/mol. The van der Waals surface area contributed by atoms with E-state index in [0.717, 1.165) is 17.0 Å². The number of hydrogen-bond acceptors (Lipinski definition) is 3. The lowest BCUT2D eigenvalue weighted by atomic mass is 10.1. The van der Waals surface area contributed by atoms with E-state index in [1.165, 1.54) is 17.3 Å². The Hall–Kier alpha value is -3.05. The number of para-hydroxylation sites is 1. The Morgan fingerprint density at radius 3 is 2.38 bits per heavy atom. The second-order valence-corrected chi connectivity index (χ2v) is 8.39. The van der Waals surface area contributed by atoms with E-state index < -0.39 is 0 Å². The van der Waals surface area contributed by atoms with Gasteiger partial charge in [0.2, 0.25) is 5.91 Å². The summed E-state index contributed by atoms with van der Waals surface area (Å²) in [6, 6.07) is 25.0. The van der Waals surface area contributed by atoms with Gasteiger partial charge >= 0.3 is 0 Å². The summed E-state index contributed by atoms with van der Waals surface area (Å²) < 4.78 is 0. The Labute approximate surface area is 174 Å². The summed E-state index contributed by atoms with van der Waals surface area (Å²) in [5, 5.41) is 2.71. The van der Waals surface area contributed by atoms with Crippen LogP contribution in [0.2, 0.25) is 0 Å². The lowest BCUT2D eigenvalue weighted by Gasteiger charge is -2.17. The maximum absolute atomic E-state index is 12.9. The minimum absolute atomic E-state index is 0.0131. The highest BCUT2D eigenvalue weighted by Gasteiger charge is 2.25.